The average Bonchev–Trinajstić information content (AvgIpc) is 3.17. The molecule has 31 heavy (non-hydrogen) atoms. The van der Waals surface area contributed by atoms with Crippen molar-refractivity contribution in [3.05, 3.63) is 107 Å². The first-order valence-electron chi connectivity index (χ1n) is 10.3. The molecule has 0 radical (unpaired) electrons. The molecule has 5 nitrogen and oxygen atoms in total. The largest absolute Gasteiger partial charge is 0.451 e. The molecule has 1 saturated heterocycles. The van der Waals surface area contributed by atoms with Gasteiger partial charge in [-0.05, 0) is 49.2 Å². The van der Waals surface area contributed by atoms with Crippen molar-refractivity contribution in [3.8, 4) is 0 Å². The van der Waals surface area contributed by atoms with Crippen molar-refractivity contribution in [2.75, 3.05) is 0 Å². The molecule has 1 fully saturated rings. The van der Waals surface area contributed by atoms with E-state index in [-0.39, 0.29) is 0 Å². The fourth-order valence-electron chi connectivity index (χ4n) is 4.76. The van der Waals surface area contributed by atoms with Gasteiger partial charge in [-0.15, -0.1) is 0 Å². The maximum absolute atomic E-state index is 12.9. The van der Waals surface area contributed by atoms with E-state index in [1.807, 2.05) is 50.2 Å². The third-order valence-electron chi connectivity index (χ3n) is 6.27. The van der Waals surface area contributed by atoms with Gasteiger partial charge >= 0.3 is 11.9 Å². The van der Waals surface area contributed by atoms with Crippen LogP contribution in [0.15, 0.2) is 84.9 Å². The minimum absolute atomic E-state index is 0.431. The zero-order valence-corrected chi connectivity index (χ0v) is 17.3. The Hall–Kier alpha value is -3.44. The highest BCUT2D eigenvalue weighted by Crippen LogP contribution is 2.60. The second kappa shape index (κ2) is 7.06. The monoisotopic (exact) mass is 414 g/mol. The lowest BCUT2D eigenvalue weighted by molar-refractivity contribution is -0.101. The van der Waals surface area contributed by atoms with Crippen LogP contribution in [0.4, 0.5) is 0 Å². The summed E-state index contributed by atoms with van der Waals surface area (Å²) >= 11 is 0. The van der Waals surface area contributed by atoms with E-state index in [4.69, 9.17) is 14.2 Å². The van der Waals surface area contributed by atoms with Crippen LogP contribution in [0.5, 0.6) is 0 Å². The van der Waals surface area contributed by atoms with Crippen molar-refractivity contribution < 1.29 is 23.8 Å². The van der Waals surface area contributed by atoms with Gasteiger partial charge in [0.2, 0.25) is 0 Å². The summed E-state index contributed by atoms with van der Waals surface area (Å²) in [4.78, 5) is 25.8. The summed E-state index contributed by atoms with van der Waals surface area (Å²) in [6.07, 6.45) is -1.60. The molecule has 5 heteroatoms. The quantitative estimate of drug-likeness (QED) is 0.584. The van der Waals surface area contributed by atoms with Gasteiger partial charge < -0.3 is 14.2 Å². The molecule has 2 unspecified atom stereocenters. The lowest BCUT2D eigenvalue weighted by Crippen LogP contribution is -2.50. The first-order chi connectivity index (χ1) is 14.9. The van der Waals surface area contributed by atoms with E-state index >= 15 is 0 Å². The van der Waals surface area contributed by atoms with E-state index < -0.39 is 35.3 Å². The van der Waals surface area contributed by atoms with Crippen LogP contribution in [0.2, 0.25) is 0 Å². The second-order valence-electron chi connectivity index (χ2n) is 8.25. The molecule has 3 aromatic carbocycles. The summed E-state index contributed by atoms with van der Waals surface area (Å²) in [5.74, 6) is -0.963. The molecule has 2 aliphatic rings. The molecule has 5 rings (SSSR count). The fourth-order valence-corrected chi connectivity index (χ4v) is 4.76. The number of ether oxygens (including phenoxy) is 3. The molecule has 2 heterocycles. The van der Waals surface area contributed by atoms with E-state index in [0.29, 0.717) is 11.1 Å². The van der Waals surface area contributed by atoms with Crippen LogP contribution in [0.1, 0.15) is 45.7 Å². The summed E-state index contributed by atoms with van der Waals surface area (Å²) < 4.78 is 18.4. The Morgan fingerprint density at radius 3 is 1.39 bits per heavy atom. The van der Waals surface area contributed by atoms with Crippen LogP contribution >= 0.6 is 0 Å². The third kappa shape index (κ3) is 2.96. The Morgan fingerprint density at radius 1 is 0.645 bits per heavy atom. The predicted octanol–water partition coefficient (Wildman–Crippen LogP) is 4.61. The SMILES string of the molecule is CC12OC(C)(c3ccccc31)[C@@H](OC(=O)c1ccccc1)[C@H]2OC(=O)c1ccccc1. The molecule has 0 N–H and O–H groups in total. The molecule has 4 atom stereocenters. The van der Waals surface area contributed by atoms with E-state index in [9.17, 15) is 9.59 Å². The van der Waals surface area contributed by atoms with Gasteiger partial charge in [0.25, 0.3) is 0 Å². The van der Waals surface area contributed by atoms with Crippen LogP contribution in [0, 0.1) is 0 Å². The van der Waals surface area contributed by atoms with Crippen molar-refractivity contribution in [1.82, 2.24) is 0 Å². The second-order valence-corrected chi connectivity index (χ2v) is 8.25. The summed E-state index contributed by atoms with van der Waals surface area (Å²) in [5, 5.41) is 0. The molecule has 3 aromatic rings. The van der Waals surface area contributed by atoms with Crippen molar-refractivity contribution in [2.24, 2.45) is 0 Å². The average molecular weight is 414 g/mol. The van der Waals surface area contributed by atoms with Crippen LogP contribution in [-0.2, 0) is 25.4 Å². The van der Waals surface area contributed by atoms with Crippen LogP contribution in [0.25, 0.3) is 0 Å². The van der Waals surface area contributed by atoms with E-state index in [0.717, 1.165) is 11.1 Å². The lowest BCUT2D eigenvalue weighted by Gasteiger charge is -2.36. The number of hydrogen-bond acceptors (Lipinski definition) is 5. The number of carbonyl (C=O) groups excluding carboxylic acids is 2. The zero-order chi connectivity index (χ0) is 21.6. The van der Waals surface area contributed by atoms with Gasteiger partial charge in [0.15, 0.2) is 12.2 Å². The highest BCUT2D eigenvalue weighted by molar-refractivity contribution is 5.90. The van der Waals surface area contributed by atoms with Crippen LogP contribution in [-0.4, -0.2) is 24.1 Å². The van der Waals surface area contributed by atoms with Crippen LogP contribution < -0.4 is 0 Å². The Morgan fingerprint density at radius 2 is 1.00 bits per heavy atom. The lowest BCUT2D eigenvalue weighted by atomic mass is 9.74. The molecule has 0 spiro atoms. The van der Waals surface area contributed by atoms with Crippen molar-refractivity contribution in [3.63, 3.8) is 0 Å². The molecule has 0 aliphatic carbocycles. The van der Waals surface area contributed by atoms with Gasteiger partial charge in [-0.2, -0.15) is 0 Å². The summed E-state index contributed by atoms with van der Waals surface area (Å²) in [6.45, 7) is 3.77. The molecule has 0 aromatic heterocycles. The van der Waals surface area contributed by atoms with Gasteiger partial charge in [0.05, 0.1) is 11.1 Å². The topological polar surface area (TPSA) is 61.8 Å². The number of carbonyl (C=O) groups is 2. The molecule has 0 amide bonds. The Kier molecular flexibility index (Phi) is 4.45. The minimum atomic E-state index is -0.933. The molecule has 2 bridgehead atoms. The first kappa shape index (κ1) is 19.5. The predicted molar refractivity (Wildman–Crippen MR) is 114 cm³/mol. The van der Waals surface area contributed by atoms with Gasteiger partial charge in [-0.3, -0.25) is 0 Å². The van der Waals surface area contributed by atoms with E-state index in [2.05, 4.69) is 0 Å². The Labute approximate surface area is 180 Å². The normalized spacial score (nSPS) is 28.1. The first-order valence-corrected chi connectivity index (χ1v) is 10.3. The van der Waals surface area contributed by atoms with E-state index in [1.54, 1.807) is 48.5 Å². The summed E-state index contributed by atoms with van der Waals surface area (Å²) in [6, 6.07) is 25.4. The third-order valence-corrected chi connectivity index (χ3v) is 6.27. The zero-order valence-electron chi connectivity index (χ0n) is 17.3. The fraction of sp³-hybridized carbons (Fsp3) is 0.231. The van der Waals surface area contributed by atoms with Gasteiger partial charge in [-0.1, -0.05) is 60.7 Å². The molecular formula is C26H22O5. The molecule has 156 valence electrons. The smallest absolute Gasteiger partial charge is 0.338 e. The Balaban J connectivity index is 1.54. The molecular weight excluding hydrogens is 392 g/mol. The number of benzene rings is 3. The number of fused-ring (bicyclic) bond motifs is 5. The number of rotatable bonds is 4. The number of hydrogen-bond donors (Lipinski definition) is 0. The molecule has 2 aliphatic heterocycles. The Bertz CT molecular complexity index is 1050. The van der Waals surface area contributed by atoms with Gasteiger partial charge in [0, 0.05) is 0 Å². The maximum atomic E-state index is 12.9. The van der Waals surface area contributed by atoms with Gasteiger partial charge in [-0.25, -0.2) is 9.59 Å². The van der Waals surface area contributed by atoms with Crippen molar-refractivity contribution in [2.45, 2.75) is 37.3 Å². The summed E-state index contributed by atoms with van der Waals surface area (Å²) in [7, 11) is 0. The maximum Gasteiger partial charge on any atom is 0.338 e. The van der Waals surface area contributed by atoms with Crippen molar-refractivity contribution >= 4 is 11.9 Å². The molecule has 0 saturated carbocycles. The van der Waals surface area contributed by atoms with Crippen LogP contribution in [0.3, 0.4) is 0 Å². The van der Waals surface area contributed by atoms with Crippen molar-refractivity contribution in [1.29, 1.82) is 0 Å². The highest BCUT2D eigenvalue weighted by atomic mass is 16.7. The van der Waals surface area contributed by atoms with Gasteiger partial charge in [0.1, 0.15) is 11.2 Å². The standard InChI is InChI=1S/C26H22O5/c1-25-19-15-9-10-16-20(19)26(2,31-25)22(30-24(28)18-13-7-4-8-14-18)21(25)29-23(27)17-11-5-3-6-12-17/h3-16,21-22H,1-2H3/t21-,22+,25?,26?. The minimum Gasteiger partial charge on any atom is -0.451 e. The number of esters is 2. The summed E-state index contributed by atoms with van der Waals surface area (Å²) in [5.41, 5.74) is 0.876. The van der Waals surface area contributed by atoms with E-state index in [1.165, 1.54) is 0 Å². The highest BCUT2D eigenvalue weighted by Gasteiger charge is 2.69.